The fourth-order valence-electron chi connectivity index (χ4n) is 6.70. The van der Waals surface area contributed by atoms with Crippen LogP contribution in [0.3, 0.4) is 0 Å². The molecule has 1 aliphatic carbocycles. The number of ether oxygens (including phenoxy) is 2. The summed E-state index contributed by atoms with van der Waals surface area (Å²) in [5, 5.41) is 10.5. The fourth-order valence-corrected chi connectivity index (χ4v) is 6.96. The lowest BCUT2D eigenvalue weighted by Crippen LogP contribution is -2.57. The van der Waals surface area contributed by atoms with E-state index in [-0.39, 0.29) is 17.0 Å². The first-order valence-electron chi connectivity index (χ1n) is 15.0. The van der Waals surface area contributed by atoms with Crippen molar-refractivity contribution in [3.05, 3.63) is 75.3 Å². The van der Waals surface area contributed by atoms with Gasteiger partial charge in [-0.3, -0.25) is 4.79 Å². The van der Waals surface area contributed by atoms with Crippen molar-refractivity contribution in [2.75, 3.05) is 50.7 Å². The molecule has 3 atom stereocenters. The lowest BCUT2D eigenvalue weighted by atomic mass is 10.1. The maximum absolute atomic E-state index is 13.4. The standard InChI is InChI=1S/C33H35ClN6O5/c1-18-29(44-4)7-8-35-32(18)45-17-21-9-19-10-26(19)40(21)28-12-27-23(11-25(28)34)31(41)24(33(42)43)16-39(27)20-5-6-30(36-13-20)38-14-22(15-38)37(2)3/h5-8,11-13,16,19,21-22,26H,9-10,14-15,17H2,1-4H3,(H,42,43)/t19-,21+,26+/m0/s1. The van der Waals surface area contributed by atoms with Crippen molar-refractivity contribution in [2.24, 2.45) is 5.92 Å². The summed E-state index contributed by atoms with van der Waals surface area (Å²) < 4.78 is 13.4. The quantitative estimate of drug-likeness (QED) is 0.288. The molecule has 0 bridgehead atoms. The number of aromatic carboxylic acids is 1. The number of likely N-dealkylation sites (N-methyl/N-ethyl adjacent to an activating group) is 1. The number of hydrogen-bond donors (Lipinski definition) is 1. The van der Waals surface area contributed by atoms with Crippen molar-refractivity contribution < 1.29 is 19.4 Å². The van der Waals surface area contributed by atoms with Gasteiger partial charge in [-0.05, 0) is 70.1 Å². The Balaban J connectivity index is 1.25. The predicted molar refractivity (Wildman–Crippen MR) is 173 cm³/mol. The molecule has 7 rings (SSSR count). The highest BCUT2D eigenvalue weighted by Gasteiger charge is 2.52. The molecule has 12 heteroatoms. The zero-order valence-corrected chi connectivity index (χ0v) is 26.4. The number of hydrogen-bond acceptors (Lipinski definition) is 9. The molecule has 4 aromatic rings. The normalized spacial score (nSPS) is 20.8. The van der Waals surface area contributed by atoms with Crippen LogP contribution in [0.25, 0.3) is 16.6 Å². The molecule has 2 saturated heterocycles. The van der Waals surface area contributed by atoms with E-state index in [2.05, 4.69) is 38.8 Å². The lowest BCUT2D eigenvalue weighted by molar-refractivity contribution is 0.0695. The van der Waals surface area contributed by atoms with Crippen molar-refractivity contribution in [3.63, 3.8) is 0 Å². The number of fused-ring (bicyclic) bond motifs is 2. The SMILES string of the molecule is COc1ccnc(OC[C@H]2C[C@H]3C[C@H]3N2c2cc3c(cc2Cl)c(=O)c(C(=O)O)cn3-c2ccc(N3CC(N(C)C)C3)nc2)c1C. The number of nitrogens with zero attached hydrogens (tertiary/aromatic N) is 6. The molecule has 1 aromatic carbocycles. The molecule has 0 spiro atoms. The lowest BCUT2D eigenvalue weighted by Gasteiger charge is -2.43. The Kier molecular flexibility index (Phi) is 7.32. The van der Waals surface area contributed by atoms with Crippen LogP contribution in [0.5, 0.6) is 11.6 Å². The highest BCUT2D eigenvalue weighted by Crippen LogP contribution is 2.51. The van der Waals surface area contributed by atoms with Crippen LogP contribution in [0, 0.1) is 12.8 Å². The maximum atomic E-state index is 13.4. The van der Waals surface area contributed by atoms with Crippen LogP contribution in [0.2, 0.25) is 5.02 Å². The minimum atomic E-state index is -1.30. The van der Waals surface area contributed by atoms with Crippen molar-refractivity contribution in [1.29, 1.82) is 0 Å². The highest BCUT2D eigenvalue weighted by molar-refractivity contribution is 6.34. The number of aromatic nitrogens is 3. The number of methoxy groups -OCH3 is 1. The van der Waals surface area contributed by atoms with Crippen LogP contribution in [-0.4, -0.2) is 89.5 Å². The van der Waals surface area contributed by atoms with Crippen LogP contribution in [0.15, 0.2) is 53.7 Å². The van der Waals surface area contributed by atoms with E-state index in [4.69, 9.17) is 21.1 Å². The number of pyridine rings is 3. The minimum absolute atomic E-state index is 0.0398. The first kappa shape index (κ1) is 29.4. The number of halogens is 1. The second-order valence-corrected chi connectivity index (χ2v) is 12.8. The van der Waals surface area contributed by atoms with Crippen LogP contribution in [-0.2, 0) is 0 Å². The minimum Gasteiger partial charge on any atom is -0.496 e. The van der Waals surface area contributed by atoms with Gasteiger partial charge in [0, 0.05) is 43.0 Å². The Labute approximate surface area is 265 Å². The van der Waals surface area contributed by atoms with Gasteiger partial charge in [-0.25, -0.2) is 14.8 Å². The molecule has 1 saturated carbocycles. The van der Waals surface area contributed by atoms with Crippen molar-refractivity contribution in [3.8, 4) is 17.3 Å². The van der Waals surface area contributed by atoms with E-state index in [0.717, 1.165) is 43.0 Å². The first-order valence-corrected chi connectivity index (χ1v) is 15.4. The topological polar surface area (TPSA) is 113 Å². The van der Waals surface area contributed by atoms with Gasteiger partial charge in [-0.2, -0.15) is 0 Å². The summed E-state index contributed by atoms with van der Waals surface area (Å²) >= 11 is 6.90. The van der Waals surface area contributed by atoms with E-state index in [1.807, 2.05) is 25.1 Å². The van der Waals surface area contributed by atoms with Gasteiger partial charge in [0.05, 0.1) is 46.8 Å². The van der Waals surface area contributed by atoms with Crippen LogP contribution < -0.4 is 24.7 Å². The van der Waals surface area contributed by atoms with Gasteiger partial charge in [0.1, 0.15) is 23.7 Å². The van der Waals surface area contributed by atoms with Crippen LogP contribution in [0.4, 0.5) is 11.5 Å². The summed E-state index contributed by atoms with van der Waals surface area (Å²) in [5.41, 5.74) is 1.92. The van der Waals surface area contributed by atoms with E-state index in [1.165, 1.54) is 6.20 Å². The van der Waals surface area contributed by atoms with Crippen molar-refractivity contribution >= 4 is 40.0 Å². The first-order chi connectivity index (χ1) is 21.6. The van der Waals surface area contributed by atoms with Gasteiger partial charge in [0.15, 0.2) is 0 Å². The Morgan fingerprint density at radius 2 is 1.96 bits per heavy atom. The van der Waals surface area contributed by atoms with Crippen molar-refractivity contribution in [1.82, 2.24) is 19.4 Å². The molecule has 3 fully saturated rings. The monoisotopic (exact) mass is 630 g/mol. The maximum Gasteiger partial charge on any atom is 0.341 e. The zero-order chi connectivity index (χ0) is 31.6. The molecule has 2 aliphatic heterocycles. The van der Waals surface area contributed by atoms with E-state index in [9.17, 15) is 14.7 Å². The molecule has 3 aromatic heterocycles. The second-order valence-electron chi connectivity index (χ2n) is 12.4. The number of piperidine rings is 1. The van der Waals surface area contributed by atoms with Gasteiger partial charge >= 0.3 is 5.97 Å². The zero-order valence-electron chi connectivity index (χ0n) is 25.6. The third kappa shape index (κ3) is 5.13. The average molecular weight is 631 g/mol. The Morgan fingerprint density at radius 3 is 2.64 bits per heavy atom. The summed E-state index contributed by atoms with van der Waals surface area (Å²) in [7, 11) is 5.76. The molecule has 0 radical (unpaired) electrons. The van der Waals surface area contributed by atoms with Gasteiger partial charge in [0.2, 0.25) is 11.3 Å². The molecular weight excluding hydrogens is 596 g/mol. The number of carboxylic acids is 1. The number of carboxylic acid groups (broad SMARTS) is 1. The average Bonchev–Trinajstić information content (AvgIpc) is 3.66. The van der Waals surface area contributed by atoms with Gasteiger partial charge < -0.3 is 33.8 Å². The summed E-state index contributed by atoms with van der Waals surface area (Å²) in [5.74, 6) is 1.33. The van der Waals surface area contributed by atoms with E-state index >= 15 is 0 Å². The van der Waals surface area contributed by atoms with E-state index < -0.39 is 11.4 Å². The smallest absolute Gasteiger partial charge is 0.341 e. The van der Waals surface area contributed by atoms with E-state index in [0.29, 0.717) is 52.5 Å². The fraction of sp³-hybridized carbons (Fsp3) is 0.394. The largest absolute Gasteiger partial charge is 0.496 e. The molecule has 0 unspecified atom stereocenters. The van der Waals surface area contributed by atoms with Gasteiger partial charge in [-0.15, -0.1) is 0 Å². The summed E-state index contributed by atoms with van der Waals surface area (Å²) in [6.45, 7) is 4.11. The Bertz CT molecular complexity index is 1860. The molecule has 1 N–H and O–H groups in total. The summed E-state index contributed by atoms with van der Waals surface area (Å²) in [6, 6.07) is 9.98. The third-order valence-corrected chi connectivity index (χ3v) is 9.76. The van der Waals surface area contributed by atoms with Crippen molar-refractivity contribution in [2.45, 2.75) is 37.9 Å². The highest BCUT2D eigenvalue weighted by atomic mass is 35.5. The van der Waals surface area contributed by atoms with Crippen LogP contribution in [0.1, 0.15) is 28.8 Å². The van der Waals surface area contributed by atoms with E-state index in [1.54, 1.807) is 36.2 Å². The van der Waals surface area contributed by atoms with Gasteiger partial charge in [0.25, 0.3) is 0 Å². The molecule has 0 amide bonds. The summed E-state index contributed by atoms with van der Waals surface area (Å²) in [4.78, 5) is 41.3. The Hall–Kier alpha value is -4.35. The Morgan fingerprint density at radius 1 is 1.16 bits per heavy atom. The molecule has 3 aliphatic rings. The molecular formula is C33H35ClN6O5. The number of carbonyl (C=O) groups is 1. The third-order valence-electron chi connectivity index (χ3n) is 9.46. The summed E-state index contributed by atoms with van der Waals surface area (Å²) in [6.07, 6.45) is 6.78. The molecule has 234 valence electrons. The number of anilines is 2. The van der Waals surface area contributed by atoms with Gasteiger partial charge in [-0.1, -0.05) is 11.6 Å². The second kappa shape index (κ2) is 11.2. The molecule has 11 nitrogen and oxygen atoms in total. The number of rotatable bonds is 9. The number of benzene rings is 1. The predicted octanol–water partition coefficient (Wildman–Crippen LogP) is 4.25. The molecule has 5 heterocycles. The molecule has 45 heavy (non-hydrogen) atoms. The van der Waals surface area contributed by atoms with Crippen LogP contribution >= 0.6 is 11.6 Å².